The van der Waals surface area contributed by atoms with Crippen LogP contribution in [0.15, 0.2) is 48.5 Å². The van der Waals surface area contributed by atoms with Crippen molar-refractivity contribution in [3.63, 3.8) is 0 Å². The van der Waals surface area contributed by atoms with Crippen LogP contribution < -0.4 is 10.2 Å². The number of rotatable bonds is 7. The van der Waals surface area contributed by atoms with E-state index in [-0.39, 0.29) is 12.5 Å². The van der Waals surface area contributed by atoms with Gasteiger partial charge in [-0.1, -0.05) is 32.0 Å². The van der Waals surface area contributed by atoms with Gasteiger partial charge < -0.3 is 10.2 Å². The average molecular weight is 347 g/mol. The third kappa shape index (κ3) is 4.86. The Labute approximate surface area is 155 Å². The molecule has 0 bridgehead atoms. The quantitative estimate of drug-likeness (QED) is 0.800. The molecule has 0 radical (unpaired) electrons. The van der Waals surface area contributed by atoms with Crippen molar-refractivity contribution >= 4 is 17.3 Å². The fourth-order valence-electron chi connectivity index (χ4n) is 2.97. The van der Waals surface area contributed by atoms with Gasteiger partial charge in [-0.2, -0.15) is 5.26 Å². The summed E-state index contributed by atoms with van der Waals surface area (Å²) in [5.74, 6) is 1.09. The molecule has 0 atom stereocenters. The Kier molecular flexibility index (Phi) is 5.58. The van der Waals surface area contributed by atoms with Crippen LogP contribution in [0.4, 0.5) is 11.4 Å². The molecule has 4 heteroatoms. The highest BCUT2D eigenvalue weighted by Gasteiger charge is 2.25. The van der Waals surface area contributed by atoms with Gasteiger partial charge >= 0.3 is 0 Å². The summed E-state index contributed by atoms with van der Waals surface area (Å²) in [6.45, 7) is 5.45. The molecule has 4 nitrogen and oxygen atoms in total. The summed E-state index contributed by atoms with van der Waals surface area (Å²) in [6.07, 6.45) is 2.43. The number of nitrogens with one attached hydrogen (secondary N) is 1. The molecular weight excluding hydrogens is 322 g/mol. The van der Waals surface area contributed by atoms with Crippen LogP contribution in [-0.4, -0.2) is 19.0 Å². The van der Waals surface area contributed by atoms with E-state index in [4.69, 9.17) is 5.26 Å². The Morgan fingerprint density at radius 2 is 1.96 bits per heavy atom. The van der Waals surface area contributed by atoms with E-state index >= 15 is 0 Å². The van der Waals surface area contributed by atoms with Crippen LogP contribution in [0.3, 0.4) is 0 Å². The Bertz CT molecular complexity index is 801. The zero-order valence-electron chi connectivity index (χ0n) is 15.4. The van der Waals surface area contributed by atoms with Crippen molar-refractivity contribution in [2.45, 2.75) is 32.6 Å². The molecule has 1 saturated carbocycles. The molecule has 2 aromatic carbocycles. The number of nitriles is 1. The SMILES string of the molecule is CC(C)c1ccc(NC(=O)CN(CC2CC2)c2cccc(C#N)c2)cc1. The lowest BCUT2D eigenvalue weighted by molar-refractivity contribution is -0.115. The van der Waals surface area contributed by atoms with Gasteiger partial charge in [0.15, 0.2) is 0 Å². The molecule has 0 aliphatic heterocycles. The van der Waals surface area contributed by atoms with Gasteiger partial charge in [-0.25, -0.2) is 0 Å². The molecule has 0 spiro atoms. The van der Waals surface area contributed by atoms with Crippen molar-refractivity contribution in [3.8, 4) is 6.07 Å². The maximum Gasteiger partial charge on any atom is 0.243 e. The van der Waals surface area contributed by atoms with Gasteiger partial charge in [0.25, 0.3) is 0 Å². The molecular formula is C22H25N3O. The van der Waals surface area contributed by atoms with Crippen molar-refractivity contribution in [1.29, 1.82) is 5.26 Å². The van der Waals surface area contributed by atoms with Crippen LogP contribution in [0.5, 0.6) is 0 Å². The van der Waals surface area contributed by atoms with Gasteiger partial charge in [-0.15, -0.1) is 0 Å². The van der Waals surface area contributed by atoms with E-state index in [0.717, 1.165) is 17.9 Å². The molecule has 0 heterocycles. The summed E-state index contributed by atoms with van der Waals surface area (Å²) in [6, 6.07) is 17.7. The summed E-state index contributed by atoms with van der Waals surface area (Å²) < 4.78 is 0. The van der Waals surface area contributed by atoms with Crippen LogP contribution in [0, 0.1) is 17.2 Å². The molecule has 2 aromatic rings. The highest BCUT2D eigenvalue weighted by atomic mass is 16.2. The van der Waals surface area contributed by atoms with E-state index in [1.54, 1.807) is 6.07 Å². The monoisotopic (exact) mass is 347 g/mol. The van der Waals surface area contributed by atoms with Crippen molar-refractivity contribution in [3.05, 3.63) is 59.7 Å². The normalized spacial score (nSPS) is 13.3. The van der Waals surface area contributed by atoms with Crippen LogP contribution in [0.2, 0.25) is 0 Å². The Hall–Kier alpha value is -2.80. The average Bonchev–Trinajstić information content (AvgIpc) is 3.45. The lowest BCUT2D eigenvalue weighted by Crippen LogP contribution is -2.34. The molecule has 0 saturated heterocycles. The van der Waals surface area contributed by atoms with E-state index in [2.05, 4.69) is 42.3 Å². The fraction of sp³-hybridized carbons (Fsp3) is 0.364. The number of hydrogen-bond acceptors (Lipinski definition) is 3. The molecule has 1 amide bonds. The smallest absolute Gasteiger partial charge is 0.243 e. The number of hydrogen-bond donors (Lipinski definition) is 1. The van der Waals surface area contributed by atoms with Gasteiger partial charge in [0.2, 0.25) is 5.91 Å². The van der Waals surface area contributed by atoms with Gasteiger partial charge in [-0.3, -0.25) is 4.79 Å². The maximum atomic E-state index is 12.6. The van der Waals surface area contributed by atoms with Gasteiger partial charge in [0.05, 0.1) is 18.2 Å². The molecule has 1 aliphatic rings. The van der Waals surface area contributed by atoms with Crippen LogP contribution >= 0.6 is 0 Å². The highest BCUT2D eigenvalue weighted by molar-refractivity contribution is 5.94. The van der Waals surface area contributed by atoms with E-state index in [1.165, 1.54) is 18.4 Å². The van der Waals surface area contributed by atoms with E-state index in [1.807, 2.05) is 30.3 Å². The Balaban J connectivity index is 1.67. The fourth-order valence-corrected chi connectivity index (χ4v) is 2.97. The number of carbonyl (C=O) groups excluding carboxylic acids is 1. The zero-order valence-corrected chi connectivity index (χ0v) is 15.4. The second-order valence-electron chi connectivity index (χ2n) is 7.31. The first-order valence-electron chi connectivity index (χ1n) is 9.20. The molecule has 134 valence electrons. The van der Waals surface area contributed by atoms with E-state index in [0.29, 0.717) is 17.4 Å². The first-order chi connectivity index (χ1) is 12.5. The van der Waals surface area contributed by atoms with Crippen LogP contribution in [0.1, 0.15) is 43.7 Å². The minimum atomic E-state index is -0.0368. The lowest BCUT2D eigenvalue weighted by atomic mass is 10.0. The summed E-state index contributed by atoms with van der Waals surface area (Å²) in [5, 5.41) is 12.1. The van der Waals surface area contributed by atoms with Crippen molar-refractivity contribution < 1.29 is 4.79 Å². The molecule has 0 aromatic heterocycles. The summed E-state index contributed by atoms with van der Waals surface area (Å²) in [5.41, 5.74) is 3.62. The van der Waals surface area contributed by atoms with E-state index < -0.39 is 0 Å². The van der Waals surface area contributed by atoms with Crippen molar-refractivity contribution in [2.24, 2.45) is 5.92 Å². The zero-order chi connectivity index (χ0) is 18.5. The van der Waals surface area contributed by atoms with Gasteiger partial charge in [0, 0.05) is 17.9 Å². The Morgan fingerprint density at radius 1 is 1.23 bits per heavy atom. The second kappa shape index (κ2) is 8.05. The summed E-state index contributed by atoms with van der Waals surface area (Å²) in [4.78, 5) is 14.6. The molecule has 3 rings (SSSR count). The predicted octanol–water partition coefficient (Wildman–Crippen LogP) is 4.54. The highest BCUT2D eigenvalue weighted by Crippen LogP contribution is 2.31. The first-order valence-corrected chi connectivity index (χ1v) is 9.20. The number of benzene rings is 2. The van der Waals surface area contributed by atoms with E-state index in [9.17, 15) is 4.79 Å². The minimum Gasteiger partial charge on any atom is -0.362 e. The predicted molar refractivity (Wildman–Crippen MR) is 105 cm³/mol. The van der Waals surface area contributed by atoms with Crippen LogP contribution in [-0.2, 0) is 4.79 Å². The van der Waals surface area contributed by atoms with Gasteiger partial charge in [0.1, 0.15) is 0 Å². The molecule has 0 unspecified atom stereocenters. The standard InChI is InChI=1S/C22H25N3O/c1-16(2)19-8-10-20(11-9-19)24-22(26)15-25(14-17-6-7-17)21-5-3-4-18(12-21)13-23/h3-5,8-12,16-17H,6-7,14-15H2,1-2H3,(H,24,26). The Morgan fingerprint density at radius 3 is 2.58 bits per heavy atom. The van der Waals surface area contributed by atoms with Crippen molar-refractivity contribution in [2.75, 3.05) is 23.3 Å². The minimum absolute atomic E-state index is 0.0368. The largest absolute Gasteiger partial charge is 0.362 e. The lowest BCUT2D eigenvalue weighted by Gasteiger charge is -2.24. The molecule has 1 N–H and O–H groups in total. The molecule has 26 heavy (non-hydrogen) atoms. The number of nitrogens with zero attached hydrogens (tertiary/aromatic N) is 2. The second-order valence-corrected chi connectivity index (χ2v) is 7.31. The first kappa shape index (κ1) is 18.0. The third-order valence-electron chi connectivity index (χ3n) is 4.71. The van der Waals surface area contributed by atoms with Crippen LogP contribution in [0.25, 0.3) is 0 Å². The van der Waals surface area contributed by atoms with Gasteiger partial charge in [-0.05, 0) is 60.6 Å². The maximum absolute atomic E-state index is 12.6. The third-order valence-corrected chi connectivity index (χ3v) is 4.71. The number of carbonyl (C=O) groups is 1. The summed E-state index contributed by atoms with van der Waals surface area (Å²) in [7, 11) is 0. The molecule has 1 fully saturated rings. The number of anilines is 2. The topological polar surface area (TPSA) is 56.1 Å². The number of amides is 1. The molecule has 1 aliphatic carbocycles. The van der Waals surface area contributed by atoms with Crippen molar-refractivity contribution in [1.82, 2.24) is 0 Å². The summed E-state index contributed by atoms with van der Waals surface area (Å²) >= 11 is 0.